The van der Waals surface area contributed by atoms with Gasteiger partial charge >= 0.3 is 0 Å². The maximum Gasteiger partial charge on any atom is 0.223 e. The molecule has 2 aromatic rings. The lowest BCUT2D eigenvalue weighted by Crippen LogP contribution is -2.29. The minimum absolute atomic E-state index is 0.0805. The van der Waals surface area contributed by atoms with E-state index in [1.54, 1.807) is 21.1 Å². The largest absolute Gasteiger partial charge is 0.493 e. The van der Waals surface area contributed by atoms with Gasteiger partial charge in [-0.3, -0.25) is 4.79 Å². The molecule has 0 saturated carbocycles. The molecule has 0 bridgehead atoms. The van der Waals surface area contributed by atoms with E-state index < -0.39 is 0 Å². The highest BCUT2D eigenvalue weighted by molar-refractivity contribution is 5.94. The number of aliphatic imine (C=N–C) groups is 1. The highest BCUT2D eigenvalue weighted by Gasteiger charge is 2.22. The van der Waals surface area contributed by atoms with Crippen LogP contribution < -0.4 is 14.4 Å². The number of carbonyl (C=O) groups is 1. The number of amides is 1. The summed E-state index contributed by atoms with van der Waals surface area (Å²) in [6.07, 6.45) is 3.74. The summed E-state index contributed by atoms with van der Waals surface area (Å²) in [4.78, 5) is 20.5. The number of anilines is 1. The molecule has 4 rings (SSSR count). The summed E-state index contributed by atoms with van der Waals surface area (Å²) in [6, 6.07) is 10.2. The van der Waals surface area contributed by atoms with Gasteiger partial charge in [0.15, 0.2) is 11.5 Å². The molecule has 0 aliphatic carbocycles. The van der Waals surface area contributed by atoms with Crippen molar-refractivity contribution in [1.82, 2.24) is 4.90 Å². The van der Waals surface area contributed by atoms with Crippen LogP contribution in [-0.2, 0) is 24.2 Å². The lowest BCUT2D eigenvalue weighted by molar-refractivity contribution is -0.116. The Bertz CT molecular complexity index is 939. The minimum Gasteiger partial charge on any atom is -0.493 e. The first kappa shape index (κ1) is 18.3. The standard InChI is InChI=1S/C22H25N3O3/c1-15(26)25-9-7-16-4-5-19(12-20(16)25)23-14-24-8-6-17-10-21(27-2)22(28-3)11-18(17)13-24/h4-5,10-12,14H,6-9,13H2,1-3H3. The lowest BCUT2D eigenvalue weighted by atomic mass is 9.99. The van der Waals surface area contributed by atoms with E-state index in [-0.39, 0.29) is 5.91 Å². The van der Waals surface area contributed by atoms with Gasteiger partial charge in [-0.05, 0) is 53.8 Å². The van der Waals surface area contributed by atoms with Gasteiger partial charge in [0.25, 0.3) is 0 Å². The van der Waals surface area contributed by atoms with E-state index in [4.69, 9.17) is 9.47 Å². The highest BCUT2D eigenvalue weighted by Crippen LogP contribution is 2.34. The summed E-state index contributed by atoms with van der Waals surface area (Å²) in [5.74, 6) is 1.61. The topological polar surface area (TPSA) is 54.4 Å². The zero-order valence-corrected chi connectivity index (χ0v) is 16.6. The molecule has 0 atom stereocenters. The Morgan fingerprint density at radius 1 is 1.00 bits per heavy atom. The number of methoxy groups -OCH3 is 2. The summed E-state index contributed by atoms with van der Waals surface area (Å²) in [5, 5.41) is 0. The Hall–Kier alpha value is -3.02. The van der Waals surface area contributed by atoms with Crippen LogP contribution in [0, 0.1) is 0 Å². The molecule has 2 aliphatic heterocycles. The second-order valence-electron chi connectivity index (χ2n) is 7.17. The average Bonchev–Trinajstić information content (AvgIpc) is 3.14. The molecule has 6 nitrogen and oxygen atoms in total. The van der Waals surface area contributed by atoms with Gasteiger partial charge in [0, 0.05) is 32.2 Å². The molecule has 0 unspecified atom stereocenters. The summed E-state index contributed by atoms with van der Waals surface area (Å²) < 4.78 is 10.8. The first-order valence-corrected chi connectivity index (χ1v) is 9.52. The van der Waals surface area contributed by atoms with Gasteiger partial charge in [0.2, 0.25) is 5.91 Å². The monoisotopic (exact) mass is 379 g/mol. The number of carbonyl (C=O) groups excluding carboxylic acids is 1. The molecule has 6 heteroatoms. The zero-order valence-electron chi connectivity index (χ0n) is 16.6. The molecule has 0 spiro atoms. The second-order valence-corrected chi connectivity index (χ2v) is 7.17. The Kier molecular flexibility index (Phi) is 4.94. The average molecular weight is 379 g/mol. The smallest absolute Gasteiger partial charge is 0.223 e. The summed E-state index contributed by atoms with van der Waals surface area (Å²) in [6.45, 7) is 4.05. The summed E-state index contributed by atoms with van der Waals surface area (Å²) in [5.41, 5.74) is 5.58. The van der Waals surface area contributed by atoms with Crippen LogP contribution in [-0.4, -0.2) is 44.5 Å². The van der Waals surface area contributed by atoms with Gasteiger partial charge in [-0.15, -0.1) is 0 Å². The van der Waals surface area contributed by atoms with E-state index in [1.165, 1.54) is 16.7 Å². The van der Waals surface area contributed by atoms with Gasteiger partial charge < -0.3 is 19.3 Å². The number of benzene rings is 2. The third kappa shape index (κ3) is 3.42. The third-order valence-electron chi connectivity index (χ3n) is 5.46. The van der Waals surface area contributed by atoms with Gasteiger partial charge in [0.1, 0.15) is 0 Å². The quantitative estimate of drug-likeness (QED) is 0.604. The van der Waals surface area contributed by atoms with Crippen molar-refractivity contribution >= 4 is 23.6 Å². The number of hydrogen-bond donors (Lipinski definition) is 0. The Morgan fingerprint density at radius 2 is 1.71 bits per heavy atom. The van der Waals surface area contributed by atoms with Crippen molar-refractivity contribution in [1.29, 1.82) is 0 Å². The molecule has 0 radical (unpaired) electrons. The minimum atomic E-state index is 0.0805. The van der Waals surface area contributed by atoms with Crippen LogP contribution in [0.25, 0.3) is 0 Å². The number of hydrogen-bond acceptors (Lipinski definition) is 4. The van der Waals surface area contributed by atoms with Crippen LogP contribution in [0.1, 0.15) is 23.6 Å². The first-order chi connectivity index (χ1) is 13.6. The fourth-order valence-corrected chi connectivity index (χ4v) is 3.93. The molecule has 0 aromatic heterocycles. The zero-order chi connectivity index (χ0) is 19.7. The van der Waals surface area contributed by atoms with Crippen LogP contribution in [0.15, 0.2) is 35.3 Å². The second kappa shape index (κ2) is 7.54. The molecule has 0 fully saturated rings. The van der Waals surface area contributed by atoms with E-state index in [0.29, 0.717) is 0 Å². The fraction of sp³-hybridized carbons (Fsp3) is 0.364. The molecule has 0 saturated heterocycles. The van der Waals surface area contributed by atoms with Crippen molar-refractivity contribution in [2.75, 3.05) is 32.2 Å². The van der Waals surface area contributed by atoms with E-state index in [0.717, 1.165) is 55.3 Å². The maximum atomic E-state index is 11.8. The molecule has 2 aromatic carbocycles. The number of ether oxygens (including phenoxy) is 2. The molecule has 2 aliphatic rings. The van der Waals surface area contributed by atoms with Crippen LogP contribution in [0.5, 0.6) is 11.5 Å². The van der Waals surface area contributed by atoms with Crippen molar-refractivity contribution in [3.63, 3.8) is 0 Å². The predicted octanol–water partition coefficient (Wildman–Crippen LogP) is 3.33. The van der Waals surface area contributed by atoms with Crippen molar-refractivity contribution in [3.05, 3.63) is 47.0 Å². The lowest BCUT2D eigenvalue weighted by Gasteiger charge is -2.27. The maximum absolute atomic E-state index is 11.8. The molecule has 28 heavy (non-hydrogen) atoms. The van der Waals surface area contributed by atoms with Gasteiger partial charge in [-0.2, -0.15) is 0 Å². The number of nitrogens with zero attached hydrogens (tertiary/aromatic N) is 3. The molecule has 0 N–H and O–H groups in total. The van der Waals surface area contributed by atoms with Crippen molar-refractivity contribution < 1.29 is 14.3 Å². The molecule has 2 heterocycles. The van der Waals surface area contributed by atoms with Crippen molar-refractivity contribution in [2.45, 2.75) is 26.3 Å². The summed E-state index contributed by atoms with van der Waals surface area (Å²) in [7, 11) is 3.32. The van der Waals surface area contributed by atoms with E-state index >= 15 is 0 Å². The Labute approximate surface area is 165 Å². The third-order valence-corrected chi connectivity index (χ3v) is 5.46. The number of fused-ring (bicyclic) bond motifs is 2. The SMILES string of the molecule is COc1cc2c(cc1OC)CN(C=Nc1ccc3c(c1)N(C(C)=O)CC3)CC2. The molecule has 146 valence electrons. The van der Waals surface area contributed by atoms with E-state index in [2.05, 4.69) is 22.0 Å². The molecular formula is C22H25N3O3. The molecular weight excluding hydrogens is 354 g/mol. The molecule has 1 amide bonds. The predicted molar refractivity (Wildman–Crippen MR) is 110 cm³/mol. The van der Waals surface area contributed by atoms with Crippen LogP contribution in [0.2, 0.25) is 0 Å². The van der Waals surface area contributed by atoms with E-state index in [1.807, 2.05) is 29.4 Å². The first-order valence-electron chi connectivity index (χ1n) is 9.52. The van der Waals surface area contributed by atoms with Crippen LogP contribution in [0.3, 0.4) is 0 Å². The van der Waals surface area contributed by atoms with E-state index in [9.17, 15) is 4.79 Å². The van der Waals surface area contributed by atoms with Crippen LogP contribution >= 0.6 is 0 Å². The normalized spacial score (nSPS) is 15.5. The summed E-state index contributed by atoms with van der Waals surface area (Å²) >= 11 is 0. The Morgan fingerprint density at radius 3 is 2.43 bits per heavy atom. The van der Waals surface area contributed by atoms with Crippen LogP contribution in [0.4, 0.5) is 11.4 Å². The van der Waals surface area contributed by atoms with Gasteiger partial charge in [-0.25, -0.2) is 4.99 Å². The Balaban J connectivity index is 1.51. The fourth-order valence-electron chi connectivity index (χ4n) is 3.93. The van der Waals surface area contributed by atoms with Crippen molar-refractivity contribution in [2.24, 2.45) is 4.99 Å². The van der Waals surface area contributed by atoms with Gasteiger partial charge in [0.05, 0.1) is 26.2 Å². The number of rotatable bonds is 4. The van der Waals surface area contributed by atoms with Crippen molar-refractivity contribution in [3.8, 4) is 11.5 Å². The highest BCUT2D eigenvalue weighted by atomic mass is 16.5. The van der Waals surface area contributed by atoms with Gasteiger partial charge in [-0.1, -0.05) is 6.07 Å².